The van der Waals surface area contributed by atoms with Crippen LogP contribution in [0.25, 0.3) is 33.4 Å². The second-order valence-corrected chi connectivity index (χ2v) is 13.2. The molecule has 0 radical (unpaired) electrons. The largest absolute Gasteiger partial charge is 0.400 e. The standard InChI is InChI=1S/C44H36.C6H11N.CH4O/c1-4-34-17-10-9-14-31(3)44(41(34)5-2)42-21-12-11-20-39(42)40-30-38(26-27-43(40)44)37-19-13-18-36(29-37)35-24-22-33(23-25-35)28-32-15-7-6-8-16-32;1-3-4-6(2)5-7;1-2/h4-9,11-16,18-27,29-30H,1-3,10,17,28H2;3-4H,2,5,7H2,1H3;2H,1H3/b14-9-,41-34-;4-3-;. The maximum Gasteiger partial charge on any atom is 0.0710 e. The van der Waals surface area contributed by atoms with Crippen molar-refractivity contribution >= 4 is 0 Å². The van der Waals surface area contributed by atoms with Crippen LogP contribution in [0.2, 0.25) is 0 Å². The Morgan fingerprint density at radius 1 is 0.717 bits per heavy atom. The van der Waals surface area contributed by atoms with Gasteiger partial charge in [-0.15, -0.1) is 0 Å². The van der Waals surface area contributed by atoms with Gasteiger partial charge in [-0.3, -0.25) is 0 Å². The summed E-state index contributed by atoms with van der Waals surface area (Å²) in [5, 5.41) is 7.00. The van der Waals surface area contributed by atoms with Gasteiger partial charge in [-0.2, -0.15) is 0 Å². The Labute approximate surface area is 317 Å². The van der Waals surface area contributed by atoms with E-state index in [0.717, 1.165) is 37.5 Å². The average Bonchev–Trinajstić information content (AvgIpc) is 3.50. The monoisotopic (exact) mass is 693 g/mol. The van der Waals surface area contributed by atoms with Crippen LogP contribution in [0.4, 0.5) is 0 Å². The van der Waals surface area contributed by atoms with Gasteiger partial charge in [0, 0.05) is 13.7 Å². The molecule has 0 heterocycles. The molecule has 1 spiro atoms. The Morgan fingerprint density at radius 2 is 1.34 bits per heavy atom. The number of benzene rings is 5. The molecule has 53 heavy (non-hydrogen) atoms. The minimum Gasteiger partial charge on any atom is -0.400 e. The van der Waals surface area contributed by atoms with Crippen LogP contribution in [0, 0.1) is 0 Å². The summed E-state index contributed by atoms with van der Waals surface area (Å²) in [6.07, 6.45) is 15.2. The van der Waals surface area contributed by atoms with Crippen molar-refractivity contribution in [3.05, 3.63) is 229 Å². The second-order valence-electron chi connectivity index (χ2n) is 13.2. The van der Waals surface area contributed by atoms with E-state index >= 15 is 0 Å². The average molecular weight is 694 g/mol. The molecule has 0 saturated heterocycles. The van der Waals surface area contributed by atoms with Crippen molar-refractivity contribution in [2.24, 2.45) is 5.73 Å². The van der Waals surface area contributed by atoms with Gasteiger partial charge in [0.05, 0.1) is 5.41 Å². The SMILES string of the molecule is C=C(/C=C\C)CN.C=C/C1=C(\C=C)C2(C(=C)/C=C\CC1)c1ccccc1-c1cc(-c3cccc(-c4ccc(Cc5ccccc5)cc4)c3)ccc12.CO. The van der Waals surface area contributed by atoms with E-state index < -0.39 is 5.41 Å². The number of hydrogen-bond acceptors (Lipinski definition) is 2. The highest BCUT2D eigenvalue weighted by atomic mass is 16.2. The topological polar surface area (TPSA) is 46.2 Å². The first-order chi connectivity index (χ1) is 25.9. The molecule has 0 amide bonds. The number of fused-ring (bicyclic) bond motifs is 5. The highest BCUT2D eigenvalue weighted by Crippen LogP contribution is 2.58. The Balaban J connectivity index is 0.000000542. The molecule has 2 nitrogen and oxygen atoms in total. The zero-order valence-electron chi connectivity index (χ0n) is 31.2. The molecule has 1 unspecified atom stereocenters. The van der Waals surface area contributed by atoms with Crippen molar-refractivity contribution in [2.45, 2.75) is 31.6 Å². The molecule has 5 aromatic rings. The number of allylic oxidation sites excluding steroid dienone is 8. The molecule has 2 aliphatic carbocycles. The van der Waals surface area contributed by atoms with Gasteiger partial charge in [0.2, 0.25) is 0 Å². The number of hydrogen-bond donors (Lipinski definition) is 2. The normalized spacial score (nSPS) is 17.6. The van der Waals surface area contributed by atoms with Crippen molar-refractivity contribution in [2.75, 3.05) is 13.7 Å². The van der Waals surface area contributed by atoms with Gasteiger partial charge in [-0.1, -0.05) is 172 Å². The van der Waals surface area contributed by atoms with E-state index in [1.807, 2.05) is 31.2 Å². The van der Waals surface area contributed by atoms with Gasteiger partial charge in [0.15, 0.2) is 0 Å². The Hall–Kier alpha value is -5.80. The summed E-state index contributed by atoms with van der Waals surface area (Å²) < 4.78 is 0. The predicted molar refractivity (Wildman–Crippen MR) is 229 cm³/mol. The number of rotatable bonds is 8. The second kappa shape index (κ2) is 18.1. The van der Waals surface area contributed by atoms with E-state index in [1.54, 1.807) is 0 Å². The maximum absolute atomic E-state index is 7.00. The van der Waals surface area contributed by atoms with Crippen LogP contribution in [-0.4, -0.2) is 18.8 Å². The summed E-state index contributed by atoms with van der Waals surface area (Å²) in [4.78, 5) is 0. The zero-order chi connectivity index (χ0) is 37.8. The maximum atomic E-state index is 7.00. The van der Waals surface area contributed by atoms with Gasteiger partial charge < -0.3 is 10.8 Å². The molecule has 7 rings (SSSR count). The van der Waals surface area contributed by atoms with Crippen LogP contribution in [0.1, 0.15) is 42.0 Å². The lowest BCUT2D eigenvalue weighted by molar-refractivity contribution is 0.399. The molecule has 2 aliphatic rings. The quantitative estimate of drug-likeness (QED) is 0.159. The van der Waals surface area contributed by atoms with Crippen LogP contribution < -0.4 is 5.73 Å². The summed E-state index contributed by atoms with van der Waals surface area (Å²) in [5.74, 6) is 0. The Bertz CT molecular complexity index is 2180. The van der Waals surface area contributed by atoms with E-state index in [0.29, 0.717) is 6.54 Å². The fourth-order valence-electron chi connectivity index (χ4n) is 7.56. The lowest BCUT2D eigenvalue weighted by Crippen LogP contribution is -2.30. The van der Waals surface area contributed by atoms with E-state index in [2.05, 4.69) is 160 Å². The molecular weight excluding hydrogens is 643 g/mol. The molecule has 0 aromatic heterocycles. The minimum atomic E-state index is -0.490. The van der Waals surface area contributed by atoms with Gasteiger partial charge in [-0.25, -0.2) is 0 Å². The smallest absolute Gasteiger partial charge is 0.0710 e. The third-order valence-electron chi connectivity index (χ3n) is 10.0. The van der Waals surface area contributed by atoms with E-state index in [1.165, 1.54) is 66.8 Å². The molecule has 3 N–H and O–H groups in total. The fourth-order valence-corrected chi connectivity index (χ4v) is 7.56. The summed E-state index contributed by atoms with van der Waals surface area (Å²) in [7, 11) is 1.00. The molecule has 5 aromatic carbocycles. The first-order valence-electron chi connectivity index (χ1n) is 18.2. The number of aliphatic hydroxyl groups is 1. The number of aliphatic hydroxyl groups excluding tert-OH is 1. The van der Waals surface area contributed by atoms with Crippen LogP contribution >= 0.6 is 0 Å². The van der Waals surface area contributed by atoms with Crippen molar-refractivity contribution in [1.29, 1.82) is 0 Å². The van der Waals surface area contributed by atoms with E-state index in [4.69, 9.17) is 10.8 Å². The van der Waals surface area contributed by atoms with Crippen LogP contribution in [0.5, 0.6) is 0 Å². The van der Waals surface area contributed by atoms with Gasteiger partial charge in [0.25, 0.3) is 0 Å². The van der Waals surface area contributed by atoms with E-state index in [9.17, 15) is 0 Å². The molecule has 0 fully saturated rings. The highest BCUT2D eigenvalue weighted by Gasteiger charge is 2.47. The summed E-state index contributed by atoms with van der Waals surface area (Å²) >= 11 is 0. The molecular formula is C51H51NO. The van der Waals surface area contributed by atoms with Crippen molar-refractivity contribution in [1.82, 2.24) is 0 Å². The molecule has 266 valence electrons. The lowest BCUT2D eigenvalue weighted by atomic mass is 9.64. The lowest BCUT2D eigenvalue weighted by Gasteiger charge is -2.37. The van der Waals surface area contributed by atoms with E-state index in [-0.39, 0.29) is 0 Å². The van der Waals surface area contributed by atoms with Gasteiger partial charge >= 0.3 is 0 Å². The summed E-state index contributed by atoms with van der Waals surface area (Å²) in [6, 6.07) is 44.3. The number of nitrogens with two attached hydrogens (primary N) is 1. The molecule has 1 atom stereocenters. The van der Waals surface area contributed by atoms with Crippen molar-refractivity contribution in [3.8, 4) is 33.4 Å². The Morgan fingerprint density at radius 3 is 2.00 bits per heavy atom. The van der Waals surface area contributed by atoms with Crippen molar-refractivity contribution in [3.63, 3.8) is 0 Å². The Kier molecular flexibility index (Phi) is 13.1. The summed E-state index contributed by atoms with van der Waals surface area (Å²) in [5.41, 5.74) is 21.7. The van der Waals surface area contributed by atoms with Crippen LogP contribution in [0.15, 0.2) is 206 Å². The van der Waals surface area contributed by atoms with Crippen LogP contribution in [-0.2, 0) is 11.8 Å². The molecule has 2 heteroatoms. The fraction of sp³-hybridized carbons (Fsp3) is 0.137. The third-order valence-corrected chi connectivity index (χ3v) is 10.0. The first kappa shape index (κ1) is 38.4. The summed E-state index contributed by atoms with van der Waals surface area (Å²) in [6.45, 7) is 19.3. The van der Waals surface area contributed by atoms with Gasteiger partial charge in [0.1, 0.15) is 0 Å². The minimum absolute atomic E-state index is 0.490. The van der Waals surface area contributed by atoms with Crippen LogP contribution in [0.3, 0.4) is 0 Å². The molecule has 0 aliphatic heterocycles. The predicted octanol–water partition coefficient (Wildman–Crippen LogP) is 12.1. The zero-order valence-corrected chi connectivity index (χ0v) is 31.2. The molecule has 0 saturated carbocycles. The third kappa shape index (κ3) is 8.00. The van der Waals surface area contributed by atoms with Crippen molar-refractivity contribution < 1.29 is 5.11 Å². The molecule has 0 bridgehead atoms. The van der Waals surface area contributed by atoms with Gasteiger partial charge in [-0.05, 0) is 116 Å². The highest BCUT2D eigenvalue weighted by molar-refractivity contribution is 5.90. The first-order valence-corrected chi connectivity index (χ1v) is 18.2.